The Labute approximate surface area is 134 Å². The van der Waals surface area contributed by atoms with Gasteiger partial charge in [-0.05, 0) is 26.0 Å². The molecule has 0 bridgehead atoms. The van der Waals surface area contributed by atoms with Crippen molar-refractivity contribution < 1.29 is 19.1 Å². The van der Waals surface area contributed by atoms with Crippen LogP contribution in [0.1, 0.15) is 25.0 Å². The van der Waals surface area contributed by atoms with E-state index in [0.717, 1.165) is 29.0 Å². The zero-order valence-electron chi connectivity index (χ0n) is 13.3. The third kappa shape index (κ3) is 3.33. The molecule has 124 valence electrons. The van der Waals surface area contributed by atoms with Crippen molar-refractivity contribution in [3.63, 3.8) is 0 Å². The SMILES string of the molecule is CCOc1cc2c(cc1CNC(=O)C1CNC(=O)N1)OC(C)C2. The molecule has 2 unspecified atom stereocenters. The third-order valence-corrected chi connectivity index (χ3v) is 3.92. The second-order valence-electron chi connectivity index (χ2n) is 5.76. The number of hydrogen-bond donors (Lipinski definition) is 3. The Kier molecular flexibility index (Phi) is 4.27. The predicted molar refractivity (Wildman–Crippen MR) is 83.6 cm³/mol. The van der Waals surface area contributed by atoms with Crippen molar-refractivity contribution in [1.29, 1.82) is 0 Å². The number of nitrogens with one attached hydrogen (secondary N) is 3. The molecule has 3 amide bonds. The van der Waals surface area contributed by atoms with Gasteiger partial charge in [0, 0.05) is 30.6 Å². The number of benzene rings is 1. The summed E-state index contributed by atoms with van der Waals surface area (Å²) in [6.07, 6.45) is 1.02. The molecule has 0 saturated carbocycles. The molecule has 1 saturated heterocycles. The van der Waals surface area contributed by atoms with Crippen molar-refractivity contribution >= 4 is 11.9 Å². The number of carbonyl (C=O) groups excluding carboxylic acids is 2. The zero-order valence-corrected chi connectivity index (χ0v) is 13.3. The van der Waals surface area contributed by atoms with E-state index in [0.29, 0.717) is 19.7 Å². The molecule has 1 aromatic rings. The molecule has 0 radical (unpaired) electrons. The number of fused-ring (bicyclic) bond motifs is 1. The summed E-state index contributed by atoms with van der Waals surface area (Å²) in [7, 11) is 0. The Morgan fingerprint density at radius 2 is 2.30 bits per heavy atom. The lowest BCUT2D eigenvalue weighted by atomic mass is 10.1. The maximum atomic E-state index is 12.1. The van der Waals surface area contributed by atoms with Crippen molar-refractivity contribution in [1.82, 2.24) is 16.0 Å². The minimum atomic E-state index is -0.538. The van der Waals surface area contributed by atoms with Crippen molar-refractivity contribution in [3.05, 3.63) is 23.3 Å². The fraction of sp³-hybridized carbons (Fsp3) is 0.500. The van der Waals surface area contributed by atoms with Gasteiger partial charge in [0.25, 0.3) is 0 Å². The number of rotatable bonds is 5. The first-order valence-corrected chi connectivity index (χ1v) is 7.84. The Morgan fingerprint density at radius 1 is 1.48 bits per heavy atom. The average molecular weight is 319 g/mol. The lowest BCUT2D eigenvalue weighted by Crippen LogP contribution is -2.42. The van der Waals surface area contributed by atoms with Gasteiger partial charge >= 0.3 is 6.03 Å². The number of urea groups is 1. The molecule has 2 aliphatic rings. The first-order valence-electron chi connectivity index (χ1n) is 7.84. The molecule has 7 heteroatoms. The lowest BCUT2D eigenvalue weighted by Gasteiger charge is -2.14. The van der Waals surface area contributed by atoms with Crippen LogP contribution in [-0.4, -0.2) is 37.2 Å². The molecule has 0 aromatic heterocycles. The van der Waals surface area contributed by atoms with Crippen LogP contribution in [0.3, 0.4) is 0 Å². The maximum absolute atomic E-state index is 12.1. The van der Waals surface area contributed by atoms with Crippen molar-refractivity contribution in [2.75, 3.05) is 13.2 Å². The summed E-state index contributed by atoms with van der Waals surface area (Å²) in [6.45, 7) is 5.13. The smallest absolute Gasteiger partial charge is 0.315 e. The van der Waals surface area contributed by atoms with E-state index in [-0.39, 0.29) is 18.0 Å². The van der Waals surface area contributed by atoms with E-state index in [1.54, 1.807) is 0 Å². The topological polar surface area (TPSA) is 88.7 Å². The number of hydrogen-bond acceptors (Lipinski definition) is 4. The van der Waals surface area contributed by atoms with E-state index in [1.165, 1.54) is 0 Å². The summed E-state index contributed by atoms with van der Waals surface area (Å²) in [5, 5.41) is 7.96. The summed E-state index contributed by atoms with van der Waals surface area (Å²) >= 11 is 0. The summed E-state index contributed by atoms with van der Waals surface area (Å²) in [6, 6.07) is 3.06. The predicted octanol–water partition coefficient (Wildman–Crippen LogP) is 0.706. The van der Waals surface area contributed by atoms with E-state index in [4.69, 9.17) is 9.47 Å². The Balaban J connectivity index is 1.70. The largest absolute Gasteiger partial charge is 0.494 e. The van der Waals surface area contributed by atoms with Gasteiger partial charge in [0.2, 0.25) is 5.91 Å². The minimum absolute atomic E-state index is 0.157. The van der Waals surface area contributed by atoms with Gasteiger partial charge in [0.1, 0.15) is 23.6 Å². The highest BCUT2D eigenvalue weighted by atomic mass is 16.5. The number of carbonyl (C=O) groups is 2. The molecule has 2 aliphatic heterocycles. The van der Waals surface area contributed by atoms with E-state index >= 15 is 0 Å². The van der Waals surface area contributed by atoms with Crippen LogP contribution in [-0.2, 0) is 17.8 Å². The van der Waals surface area contributed by atoms with Gasteiger partial charge in [-0.2, -0.15) is 0 Å². The van der Waals surface area contributed by atoms with E-state index in [2.05, 4.69) is 16.0 Å². The zero-order chi connectivity index (χ0) is 16.4. The van der Waals surface area contributed by atoms with Gasteiger partial charge in [-0.3, -0.25) is 4.79 Å². The summed E-state index contributed by atoms with van der Waals surface area (Å²) < 4.78 is 11.4. The van der Waals surface area contributed by atoms with Crippen molar-refractivity contribution in [3.8, 4) is 11.5 Å². The van der Waals surface area contributed by atoms with Gasteiger partial charge in [0.15, 0.2) is 0 Å². The van der Waals surface area contributed by atoms with Crippen LogP contribution in [0.2, 0.25) is 0 Å². The maximum Gasteiger partial charge on any atom is 0.315 e. The highest BCUT2D eigenvalue weighted by Crippen LogP contribution is 2.35. The monoisotopic (exact) mass is 319 g/mol. The molecule has 0 aliphatic carbocycles. The van der Waals surface area contributed by atoms with E-state index < -0.39 is 6.04 Å². The quantitative estimate of drug-likeness (QED) is 0.746. The Hall–Kier alpha value is -2.44. The van der Waals surface area contributed by atoms with Crippen LogP contribution in [0.15, 0.2) is 12.1 Å². The highest BCUT2D eigenvalue weighted by Gasteiger charge is 2.27. The second-order valence-corrected chi connectivity index (χ2v) is 5.76. The van der Waals surface area contributed by atoms with Gasteiger partial charge < -0.3 is 25.4 Å². The van der Waals surface area contributed by atoms with Crippen LogP contribution in [0.4, 0.5) is 4.79 Å². The van der Waals surface area contributed by atoms with Crippen LogP contribution in [0.5, 0.6) is 11.5 Å². The molecule has 2 atom stereocenters. The molecular formula is C16H21N3O4. The van der Waals surface area contributed by atoms with Crippen LogP contribution in [0, 0.1) is 0 Å². The fourth-order valence-corrected chi connectivity index (χ4v) is 2.83. The molecule has 1 aromatic carbocycles. The van der Waals surface area contributed by atoms with Crippen LogP contribution in [0.25, 0.3) is 0 Å². The van der Waals surface area contributed by atoms with Gasteiger partial charge in [-0.25, -0.2) is 4.79 Å². The lowest BCUT2D eigenvalue weighted by molar-refractivity contribution is -0.122. The van der Waals surface area contributed by atoms with Gasteiger partial charge in [-0.1, -0.05) is 0 Å². The molecule has 7 nitrogen and oxygen atoms in total. The third-order valence-electron chi connectivity index (χ3n) is 3.92. The molecular weight excluding hydrogens is 298 g/mol. The van der Waals surface area contributed by atoms with E-state index in [9.17, 15) is 9.59 Å². The number of ether oxygens (including phenoxy) is 2. The van der Waals surface area contributed by atoms with Crippen LogP contribution >= 0.6 is 0 Å². The molecule has 3 rings (SSSR count). The fourth-order valence-electron chi connectivity index (χ4n) is 2.83. The van der Waals surface area contributed by atoms with Crippen molar-refractivity contribution in [2.24, 2.45) is 0 Å². The molecule has 3 N–H and O–H groups in total. The summed E-state index contributed by atoms with van der Waals surface area (Å²) in [5.74, 6) is 1.39. The molecule has 0 spiro atoms. The summed E-state index contributed by atoms with van der Waals surface area (Å²) in [5.41, 5.74) is 1.99. The molecule has 23 heavy (non-hydrogen) atoms. The normalized spacial score (nSPS) is 21.9. The first kappa shape index (κ1) is 15.5. The van der Waals surface area contributed by atoms with E-state index in [1.807, 2.05) is 26.0 Å². The van der Waals surface area contributed by atoms with Gasteiger partial charge in [-0.15, -0.1) is 0 Å². The average Bonchev–Trinajstić information content (AvgIpc) is 3.09. The van der Waals surface area contributed by atoms with Crippen molar-refractivity contribution in [2.45, 2.75) is 39.0 Å². The minimum Gasteiger partial charge on any atom is -0.494 e. The second kappa shape index (κ2) is 6.36. The Bertz CT molecular complexity index is 632. The van der Waals surface area contributed by atoms with Gasteiger partial charge in [0.05, 0.1) is 6.61 Å². The van der Waals surface area contributed by atoms with Crippen LogP contribution < -0.4 is 25.4 Å². The summed E-state index contributed by atoms with van der Waals surface area (Å²) in [4.78, 5) is 23.2. The molecule has 2 heterocycles. The highest BCUT2D eigenvalue weighted by molar-refractivity contribution is 5.90. The number of amides is 3. The first-order chi connectivity index (χ1) is 11.1. The molecule has 1 fully saturated rings. The Morgan fingerprint density at radius 3 is 3.00 bits per heavy atom. The standard InChI is InChI=1S/C16H21N3O4/c1-3-22-13-5-10-4-9(2)23-14(10)6-11(13)7-17-15(20)12-8-18-16(21)19-12/h5-6,9,12H,3-4,7-8H2,1-2H3,(H,17,20)(H2,18,19,21).